The number of nitrogen functional groups attached to an aromatic ring is 1. The molecule has 8 N–H and O–H groups in total. The molecule has 3 saturated heterocycles. The summed E-state index contributed by atoms with van der Waals surface area (Å²) in [6, 6.07) is -0.172. The van der Waals surface area contributed by atoms with Crippen LogP contribution >= 0.6 is 23.1 Å². The maximum atomic E-state index is 13.5. The first-order chi connectivity index (χ1) is 24.7. The average molecular weight is 785 g/mol. The Morgan fingerprint density at radius 1 is 1.19 bits per heavy atom. The molecule has 3 fully saturated rings. The quantitative estimate of drug-likeness (QED) is 0.0352. The number of carboxylic acids is 3. The first kappa shape index (κ1) is 39.7. The standard InChI is InChI=1S/C30H32N8O12S2.Na/c31-30-33-16(12-52-30)21(35-50-19(28(46)47)7-20(41)42)24(43)34-22-26(45)37-23(29(48)49)13(11-51-27(22)37)10-38-4-1-2-14(38)9-36(3-5-38)25(44)15-6-17(39)18(40)8-32-15;/h6,8,12,14,19,22,27H,1-5,7,9-11H2,(H7-,31,32,33,34,35,39,40,41,42,43,44,46,47,48,49);/q;+1/p+1/t14-,19-,22+,27+,38?;/m0./s1. The zero-order valence-electron chi connectivity index (χ0n) is 28.1. The number of pyridine rings is 1. The predicted octanol–water partition coefficient (Wildman–Crippen LogP) is -4.35. The van der Waals surface area contributed by atoms with Gasteiger partial charge >= 0.3 is 47.5 Å². The maximum absolute atomic E-state index is 13.5. The van der Waals surface area contributed by atoms with Crippen molar-refractivity contribution in [1.82, 2.24) is 25.1 Å². The Labute approximate surface area is 329 Å². The fourth-order valence-electron chi connectivity index (χ4n) is 6.99. The number of rotatable bonds is 12. The number of thioether (sulfide) groups is 1. The molecule has 4 aliphatic heterocycles. The molecule has 1 unspecified atom stereocenters. The van der Waals surface area contributed by atoms with Gasteiger partial charge in [-0.15, -0.1) is 23.1 Å². The summed E-state index contributed by atoms with van der Waals surface area (Å²) in [6.45, 7) is 2.27. The van der Waals surface area contributed by atoms with Crippen LogP contribution in [-0.2, 0) is 28.8 Å². The molecule has 2 aromatic heterocycles. The number of nitrogens with one attached hydrogen (secondary N) is 2. The third-order valence-electron chi connectivity index (χ3n) is 9.50. The molecule has 2 aromatic rings. The zero-order valence-corrected chi connectivity index (χ0v) is 31.7. The number of aromatic hydroxyl groups is 1. The van der Waals surface area contributed by atoms with Gasteiger partial charge in [0.25, 0.3) is 17.7 Å². The minimum absolute atomic E-state index is 0. The van der Waals surface area contributed by atoms with Crippen LogP contribution in [0.25, 0.3) is 0 Å². The van der Waals surface area contributed by atoms with Crippen molar-refractivity contribution in [2.45, 2.75) is 42.8 Å². The molecule has 0 saturated carbocycles. The van der Waals surface area contributed by atoms with E-state index in [4.69, 9.17) is 15.7 Å². The van der Waals surface area contributed by atoms with Gasteiger partial charge in [0.05, 0.1) is 32.6 Å². The molecule has 5 atom stereocenters. The summed E-state index contributed by atoms with van der Waals surface area (Å²) >= 11 is 2.19. The molecule has 276 valence electrons. The van der Waals surface area contributed by atoms with Crippen LogP contribution in [0.5, 0.6) is 5.75 Å². The van der Waals surface area contributed by atoms with Gasteiger partial charge in [-0.25, -0.2) is 14.6 Å². The van der Waals surface area contributed by atoms with Gasteiger partial charge in [-0.3, -0.25) is 28.9 Å². The topological polar surface area (TPSA) is 295 Å². The molecule has 4 aliphatic rings. The molecule has 6 heterocycles. The monoisotopic (exact) mass is 784 g/mol. The van der Waals surface area contributed by atoms with Crippen LogP contribution in [0.3, 0.4) is 0 Å². The van der Waals surface area contributed by atoms with Crippen LogP contribution in [0.4, 0.5) is 5.13 Å². The van der Waals surface area contributed by atoms with E-state index in [1.165, 1.54) is 17.1 Å². The van der Waals surface area contributed by atoms with E-state index in [9.17, 15) is 48.9 Å². The first-order valence-electron chi connectivity index (χ1n) is 15.9. The Bertz CT molecular complexity index is 1990. The van der Waals surface area contributed by atoms with E-state index in [1.807, 2.05) is 0 Å². The normalized spacial score (nSPS) is 24.3. The summed E-state index contributed by atoms with van der Waals surface area (Å²) in [4.78, 5) is 102. The number of nitrogens with zero attached hydrogens (tertiary/aromatic N) is 5. The number of oxime groups is 1. The Hall–Kier alpha value is -4.48. The number of amides is 3. The van der Waals surface area contributed by atoms with Crippen LogP contribution in [0.15, 0.2) is 38.9 Å². The van der Waals surface area contributed by atoms with E-state index in [-0.39, 0.29) is 69.5 Å². The Morgan fingerprint density at radius 2 is 1.94 bits per heavy atom. The van der Waals surface area contributed by atoms with E-state index in [0.717, 1.165) is 47.9 Å². The molecule has 0 bridgehead atoms. The number of fused-ring (bicyclic) bond motifs is 2. The molecular formula is C30H33N8NaO12S2+2. The SMILES string of the molecule is Nc1nc(/C(=N\O[C@@H](CC(=O)O)C(=O)O)C(=O)N[C@@H]2C(=O)N3C(C(=O)O)=C(C[N+]45CCC[C@H]4CN(C(=O)c4cc(=O)c(O)c[nH]4)CC5)CS[C@H]23)cs1.[Na+]. The average Bonchev–Trinajstić information content (AvgIpc) is 3.72. The molecule has 0 spiro atoms. The number of H-pyrrole nitrogens is 1. The zero-order chi connectivity index (χ0) is 37.5. The number of hydrogen-bond acceptors (Lipinski definition) is 14. The second-order valence-corrected chi connectivity index (χ2v) is 14.6. The van der Waals surface area contributed by atoms with Crippen molar-refractivity contribution in [3.05, 3.63) is 50.5 Å². The number of thiazole rings is 1. The maximum Gasteiger partial charge on any atom is 1.00 e. The minimum atomic E-state index is -1.94. The number of piperazine rings is 1. The summed E-state index contributed by atoms with van der Waals surface area (Å²) in [5, 5.41) is 44.8. The van der Waals surface area contributed by atoms with E-state index in [0.29, 0.717) is 36.2 Å². The van der Waals surface area contributed by atoms with Crippen molar-refractivity contribution in [1.29, 1.82) is 0 Å². The molecule has 0 aromatic carbocycles. The van der Waals surface area contributed by atoms with Crippen molar-refractivity contribution in [3.63, 3.8) is 0 Å². The van der Waals surface area contributed by atoms with Crippen molar-refractivity contribution in [2.75, 3.05) is 44.2 Å². The molecule has 20 nitrogen and oxygen atoms in total. The number of carbonyl (C=O) groups is 6. The molecule has 0 aliphatic carbocycles. The molecule has 53 heavy (non-hydrogen) atoms. The van der Waals surface area contributed by atoms with Crippen molar-refractivity contribution >= 4 is 69.6 Å². The van der Waals surface area contributed by atoms with Crippen molar-refractivity contribution in [2.24, 2.45) is 5.16 Å². The number of carbonyl (C=O) groups excluding carboxylic acids is 3. The second-order valence-electron chi connectivity index (χ2n) is 12.6. The largest absolute Gasteiger partial charge is 1.00 e. The van der Waals surface area contributed by atoms with Crippen LogP contribution in [0.1, 0.15) is 35.4 Å². The fraction of sp³-hybridized carbons (Fsp3) is 0.433. The van der Waals surface area contributed by atoms with Crippen molar-refractivity contribution in [3.8, 4) is 5.75 Å². The molecular weight excluding hydrogens is 751 g/mol. The number of quaternary nitrogens is 1. The Balaban J connectivity index is 0.00000541. The van der Waals surface area contributed by atoms with Crippen molar-refractivity contribution < 1.29 is 88.1 Å². The number of anilines is 1. The molecule has 0 radical (unpaired) electrons. The number of aromatic nitrogens is 2. The van der Waals surface area contributed by atoms with Gasteiger partial charge in [0.2, 0.25) is 11.5 Å². The number of aliphatic carboxylic acids is 3. The molecule has 3 amide bonds. The van der Waals surface area contributed by atoms with Gasteiger partial charge in [0.1, 0.15) is 41.1 Å². The molecule has 23 heteroatoms. The van der Waals surface area contributed by atoms with E-state index < -0.39 is 70.6 Å². The van der Waals surface area contributed by atoms with Crippen LogP contribution in [-0.4, -0.2) is 148 Å². The van der Waals surface area contributed by atoms with Gasteiger partial charge in [0.15, 0.2) is 16.6 Å². The smallest absolute Gasteiger partial charge is 0.503 e. The first-order valence-corrected chi connectivity index (χ1v) is 17.8. The molecule has 6 rings (SSSR count). The van der Waals surface area contributed by atoms with E-state index >= 15 is 0 Å². The number of aromatic amines is 1. The Morgan fingerprint density at radius 3 is 2.58 bits per heavy atom. The third-order valence-corrected chi connectivity index (χ3v) is 11.5. The Kier molecular flexibility index (Phi) is 11.9. The summed E-state index contributed by atoms with van der Waals surface area (Å²) < 4.78 is 0.519. The predicted molar refractivity (Wildman–Crippen MR) is 180 cm³/mol. The minimum Gasteiger partial charge on any atom is -0.503 e. The van der Waals surface area contributed by atoms with Gasteiger partial charge in [-0.2, -0.15) is 0 Å². The van der Waals surface area contributed by atoms with Crippen LogP contribution in [0, 0.1) is 0 Å². The van der Waals surface area contributed by atoms with Crippen LogP contribution < -0.4 is 46.0 Å². The van der Waals surface area contributed by atoms with Gasteiger partial charge in [-0.05, 0) is 0 Å². The van der Waals surface area contributed by atoms with E-state index in [1.54, 1.807) is 4.90 Å². The summed E-state index contributed by atoms with van der Waals surface area (Å²) in [6.07, 6.45) is -0.224. The van der Waals surface area contributed by atoms with Gasteiger partial charge < -0.3 is 50.7 Å². The number of β-lactam (4-membered cyclic amide) rings is 1. The second kappa shape index (κ2) is 15.9. The number of hydrogen-bond donors (Lipinski definition) is 7. The van der Waals surface area contributed by atoms with Crippen LogP contribution in [0.2, 0.25) is 0 Å². The third kappa shape index (κ3) is 7.92. The van der Waals surface area contributed by atoms with E-state index in [2.05, 4.69) is 20.4 Å². The fourth-order valence-corrected chi connectivity index (χ4v) is 8.88. The van der Waals surface area contributed by atoms with Gasteiger partial charge in [0, 0.05) is 41.8 Å². The number of carboxylic acid groups (broad SMARTS) is 3. The summed E-state index contributed by atoms with van der Waals surface area (Å²) in [7, 11) is 0. The summed E-state index contributed by atoms with van der Waals surface area (Å²) in [5.41, 5.74) is 4.72. The summed E-state index contributed by atoms with van der Waals surface area (Å²) in [5.74, 6) is -6.83. The van der Waals surface area contributed by atoms with Gasteiger partial charge in [-0.1, -0.05) is 5.16 Å². The number of nitrogens with two attached hydrogens (primary N) is 1.